The van der Waals surface area contributed by atoms with Crippen molar-refractivity contribution in [1.29, 1.82) is 0 Å². The van der Waals surface area contributed by atoms with E-state index in [1.807, 2.05) is 0 Å². The van der Waals surface area contributed by atoms with Crippen LogP contribution in [0.4, 0.5) is 13.2 Å². The van der Waals surface area contributed by atoms with Crippen molar-refractivity contribution >= 4 is 11.8 Å². The molecule has 0 saturated carbocycles. The second-order valence-electron chi connectivity index (χ2n) is 5.25. The highest BCUT2D eigenvalue weighted by Crippen LogP contribution is 2.31. The predicted octanol–water partition coefficient (Wildman–Crippen LogP) is 3.29. The first kappa shape index (κ1) is 14.4. The first-order chi connectivity index (χ1) is 10.0. The number of hydrogen-bond acceptors (Lipinski definition) is 2. The van der Waals surface area contributed by atoms with Crippen molar-refractivity contribution in [3.63, 3.8) is 0 Å². The Morgan fingerprint density at radius 2 is 2.10 bits per heavy atom. The third kappa shape index (κ3) is 3.06. The van der Waals surface area contributed by atoms with E-state index >= 15 is 0 Å². The molecule has 21 heavy (non-hydrogen) atoms. The first-order valence-electron chi connectivity index (χ1n) is 6.59. The summed E-state index contributed by atoms with van der Waals surface area (Å²) in [4.78, 5) is 2.08. The number of hydrogen-bond donors (Lipinski definition) is 0. The zero-order chi connectivity index (χ0) is 15.0. The maximum atomic E-state index is 13.8. The molecular formula is C14H13ClF3N3. The summed E-state index contributed by atoms with van der Waals surface area (Å²) < 4.78 is 41.5. The standard InChI is InChI=1S/C14H13ClF3N3/c15-21-7-9(5-19-21)6-20-2-1-10(8-20)12-3-11(16)4-13(17)14(12)18/h3-5,7,10H,1-2,6,8H2. The average molecular weight is 316 g/mol. The zero-order valence-corrected chi connectivity index (χ0v) is 11.8. The molecule has 1 unspecified atom stereocenters. The van der Waals surface area contributed by atoms with Crippen LogP contribution >= 0.6 is 11.8 Å². The third-order valence-electron chi connectivity index (χ3n) is 3.75. The van der Waals surface area contributed by atoms with E-state index in [0.29, 0.717) is 25.6 Å². The summed E-state index contributed by atoms with van der Waals surface area (Å²) in [5, 5.41) is 3.87. The molecule has 0 N–H and O–H groups in total. The van der Waals surface area contributed by atoms with Crippen LogP contribution in [0.2, 0.25) is 0 Å². The molecule has 1 fully saturated rings. The lowest BCUT2D eigenvalue weighted by Crippen LogP contribution is -2.19. The van der Waals surface area contributed by atoms with E-state index in [-0.39, 0.29) is 11.5 Å². The molecule has 112 valence electrons. The summed E-state index contributed by atoms with van der Waals surface area (Å²) in [6, 6.07) is 1.66. The van der Waals surface area contributed by atoms with E-state index in [9.17, 15) is 13.2 Å². The Morgan fingerprint density at radius 3 is 2.81 bits per heavy atom. The van der Waals surface area contributed by atoms with Gasteiger partial charge >= 0.3 is 0 Å². The summed E-state index contributed by atoms with van der Waals surface area (Å²) in [6.07, 6.45) is 4.01. The number of likely N-dealkylation sites (tertiary alicyclic amines) is 1. The quantitative estimate of drug-likeness (QED) is 0.810. The Hall–Kier alpha value is -1.53. The first-order valence-corrected chi connectivity index (χ1v) is 6.93. The molecule has 0 amide bonds. The minimum atomic E-state index is -1.13. The molecule has 3 nitrogen and oxygen atoms in total. The highest BCUT2D eigenvalue weighted by atomic mass is 35.5. The molecule has 1 aromatic heterocycles. The van der Waals surface area contributed by atoms with Gasteiger partial charge in [0.1, 0.15) is 5.82 Å². The normalized spacial score (nSPS) is 19.3. The van der Waals surface area contributed by atoms with E-state index in [2.05, 4.69) is 10.00 Å². The van der Waals surface area contributed by atoms with E-state index in [0.717, 1.165) is 18.2 Å². The van der Waals surface area contributed by atoms with Gasteiger partial charge in [-0.15, -0.1) is 0 Å². The van der Waals surface area contributed by atoms with E-state index in [1.54, 1.807) is 12.4 Å². The summed E-state index contributed by atoms with van der Waals surface area (Å²) in [6.45, 7) is 1.91. The smallest absolute Gasteiger partial charge is 0.162 e. The Labute approximate surface area is 125 Å². The fourth-order valence-electron chi connectivity index (χ4n) is 2.78. The van der Waals surface area contributed by atoms with Gasteiger partial charge in [-0.05, 0) is 24.6 Å². The highest BCUT2D eigenvalue weighted by molar-refractivity contribution is 6.14. The van der Waals surface area contributed by atoms with Gasteiger partial charge in [0.15, 0.2) is 11.6 Å². The Bertz CT molecular complexity index is 659. The van der Waals surface area contributed by atoms with Crippen LogP contribution in [0.1, 0.15) is 23.5 Å². The van der Waals surface area contributed by atoms with Gasteiger partial charge < -0.3 is 0 Å². The lowest BCUT2D eigenvalue weighted by atomic mass is 9.97. The monoisotopic (exact) mass is 315 g/mol. The van der Waals surface area contributed by atoms with Gasteiger partial charge in [0.25, 0.3) is 0 Å². The van der Waals surface area contributed by atoms with Gasteiger partial charge in [-0.2, -0.15) is 9.30 Å². The Kier molecular flexibility index (Phi) is 3.91. The topological polar surface area (TPSA) is 21.1 Å². The fourth-order valence-corrected chi connectivity index (χ4v) is 2.94. The molecule has 2 aromatic rings. The van der Waals surface area contributed by atoms with E-state index in [4.69, 9.17) is 11.8 Å². The largest absolute Gasteiger partial charge is 0.298 e. The second kappa shape index (κ2) is 5.69. The molecule has 0 radical (unpaired) electrons. The fraction of sp³-hybridized carbons (Fsp3) is 0.357. The molecular weight excluding hydrogens is 303 g/mol. The molecule has 1 aromatic carbocycles. The molecule has 1 saturated heterocycles. The van der Waals surface area contributed by atoms with Crippen molar-refractivity contribution in [1.82, 2.24) is 14.2 Å². The minimum Gasteiger partial charge on any atom is -0.298 e. The van der Waals surface area contributed by atoms with Crippen LogP contribution in [-0.2, 0) is 6.54 Å². The maximum Gasteiger partial charge on any atom is 0.162 e. The van der Waals surface area contributed by atoms with Crippen LogP contribution in [0, 0.1) is 17.5 Å². The molecule has 1 aliphatic rings. The summed E-state index contributed by atoms with van der Waals surface area (Å²) in [5.41, 5.74) is 1.06. The van der Waals surface area contributed by atoms with Crippen LogP contribution in [0.25, 0.3) is 0 Å². The van der Waals surface area contributed by atoms with Gasteiger partial charge in [-0.3, -0.25) is 4.90 Å². The molecule has 0 bridgehead atoms. The number of rotatable bonds is 3. The highest BCUT2D eigenvalue weighted by Gasteiger charge is 2.28. The number of benzene rings is 1. The Morgan fingerprint density at radius 1 is 1.29 bits per heavy atom. The lowest BCUT2D eigenvalue weighted by Gasteiger charge is -2.15. The maximum absolute atomic E-state index is 13.8. The Balaban J connectivity index is 1.72. The van der Waals surface area contributed by atoms with Crippen LogP contribution < -0.4 is 0 Å². The van der Waals surface area contributed by atoms with Crippen molar-refractivity contribution < 1.29 is 13.2 Å². The number of halogens is 4. The van der Waals surface area contributed by atoms with Gasteiger partial charge in [-0.25, -0.2) is 13.2 Å². The number of nitrogens with zero attached hydrogens (tertiary/aromatic N) is 3. The van der Waals surface area contributed by atoms with Crippen molar-refractivity contribution in [2.75, 3.05) is 13.1 Å². The molecule has 1 aliphatic heterocycles. The zero-order valence-electron chi connectivity index (χ0n) is 11.1. The van der Waals surface area contributed by atoms with Crippen molar-refractivity contribution in [2.45, 2.75) is 18.9 Å². The van der Waals surface area contributed by atoms with E-state index < -0.39 is 17.5 Å². The van der Waals surface area contributed by atoms with Gasteiger partial charge in [0.05, 0.1) is 6.20 Å². The third-order valence-corrected chi connectivity index (χ3v) is 3.93. The van der Waals surface area contributed by atoms with Crippen molar-refractivity contribution in [3.8, 4) is 0 Å². The van der Waals surface area contributed by atoms with Gasteiger partial charge in [-0.1, -0.05) is 0 Å². The minimum absolute atomic E-state index is 0.114. The molecule has 2 heterocycles. The lowest BCUT2D eigenvalue weighted by molar-refractivity contribution is 0.325. The predicted molar refractivity (Wildman–Crippen MR) is 72.4 cm³/mol. The molecule has 0 spiro atoms. The van der Waals surface area contributed by atoms with Crippen LogP contribution in [0.3, 0.4) is 0 Å². The van der Waals surface area contributed by atoms with Gasteiger partial charge in [0.2, 0.25) is 0 Å². The van der Waals surface area contributed by atoms with Crippen molar-refractivity contribution in [2.24, 2.45) is 0 Å². The molecule has 3 rings (SSSR count). The summed E-state index contributed by atoms with van der Waals surface area (Å²) in [5.74, 6) is -3.03. The second-order valence-corrected chi connectivity index (χ2v) is 5.60. The van der Waals surface area contributed by atoms with Crippen LogP contribution in [0.5, 0.6) is 0 Å². The number of aromatic nitrogens is 2. The van der Waals surface area contributed by atoms with Crippen LogP contribution in [0.15, 0.2) is 24.5 Å². The van der Waals surface area contributed by atoms with Crippen molar-refractivity contribution in [3.05, 3.63) is 53.1 Å². The summed E-state index contributed by atoms with van der Waals surface area (Å²) >= 11 is 5.68. The van der Waals surface area contributed by atoms with E-state index in [1.165, 1.54) is 4.20 Å². The molecule has 0 aliphatic carbocycles. The molecule has 1 atom stereocenters. The van der Waals surface area contributed by atoms with Gasteiger partial charge in [0, 0.05) is 48.6 Å². The average Bonchev–Trinajstić information content (AvgIpc) is 3.04. The SMILES string of the molecule is Fc1cc(F)c(F)c(C2CCN(Cc3cnn(Cl)c3)C2)c1. The molecule has 7 heteroatoms. The van der Waals surface area contributed by atoms with Crippen LogP contribution in [-0.4, -0.2) is 27.3 Å². The summed E-state index contributed by atoms with van der Waals surface area (Å²) in [7, 11) is 0.